The number of halogens is 1. The first-order valence-corrected chi connectivity index (χ1v) is 8.49. The third kappa shape index (κ3) is 4.58. The van der Waals surface area contributed by atoms with E-state index >= 15 is 0 Å². The van der Waals surface area contributed by atoms with E-state index in [1.807, 2.05) is 30.0 Å². The van der Waals surface area contributed by atoms with E-state index in [1.54, 1.807) is 0 Å². The molecule has 0 aromatic heterocycles. The first-order valence-electron chi connectivity index (χ1n) is 7.34. The minimum absolute atomic E-state index is 0. The number of aliphatic imine (C=N–C) groups is 1. The fourth-order valence-electron chi connectivity index (χ4n) is 2.37. The summed E-state index contributed by atoms with van der Waals surface area (Å²) in [6, 6.07) is 5.99. The summed E-state index contributed by atoms with van der Waals surface area (Å²) in [6.07, 6.45) is 0.919. The Morgan fingerprint density at radius 3 is 2.68 bits per heavy atom. The Morgan fingerprint density at radius 1 is 1.18 bits per heavy atom. The number of hydrogen-bond donors (Lipinski definition) is 1. The van der Waals surface area contributed by atoms with Crippen molar-refractivity contribution < 1.29 is 9.47 Å². The Balaban J connectivity index is 0.00000176. The van der Waals surface area contributed by atoms with E-state index in [1.165, 1.54) is 0 Å². The fourth-order valence-corrected chi connectivity index (χ4v) is 3.27. The molecule has 2 heterocycles. The van der Waals surface area contributed by atoms with Crippen LogP contribution in [0.15, 0.2) is 23.2 Å². The highest BCUT2D eigenvalue weighted by atomic mass is 127. The summed E-state index contributed by atoms with van der Waals surface area (Å²) in [7, 11) is 0. The van der Waals surface area contributed by atoms with Gasteiger partial charge in [-0.1, -0.05) is 6.07 Å². The van der Waals surface area contributed by atoms with Crippen molar-refractivity contribution in [2.45, 2.75) is 13.0 Å². The number of benzene rings is 1. The van der Waals surface area contributed by atoms with Crippen LogP contribution in [0.4, 0.5) is 0 Å². The monoisotopic (exact) mass is 435 g/mol. The molecular weight excluding hydrogens is 413 g/mol. The Kier molecular flexibility index (Phi) is 6.94. The van der Waals surface area contributed by atoms with Crippen molar-refractivity contribution in [2.24, 2.45) is 10.7 Å². The smallest absolute Gasteiger partial charge is 0.191 e. The largest absolute Gasteiger partial charge is 0.490 e. The van der Waals surface area contributed by atoms with Crippen LogP contribution in [0, 0.1) is 0 Å². The molecule has 1 fully saturated rings. The quantitative estimate of drug-likeness (QED) is 0.439. The predicted octanol–water partition coefficient (Wildman–Crippen LogP) is 2.33. The molecule has 0 radical (unpaired) electrons. The van der Waals surface area contributed by atoms with E-state index in [4.69, 9.17) is 15.2 Å². The molecule has 0 saturated carbocycles. The highest BCUT2D eigenvalue weighted by Gasteiger charge is 2.13. The van der Waals surface area contributed by atoms with Crippen molar-refractivity contribution in [2.75, 3.05) is 37.8 Å². The van der Waals surface area contributed by atoms with Gasteiger partial charge in [0.2, 0.25) is 0 Å². The minimum atomic E-state index is 0. The van der Waals surface area contributed by atoms with E-state index in [2.05, 4.69) is 9.89 Å². The van der Waals surface area contributed by atoms with Gasteiger partial charge in [-0.15, -0.1) is 24.0 Å². The van der Waals surface area contributed by atoms with E-state index in [-0.39, 0.29) is 24.0 Å². The zero-order valence-electron chi connectivity index (χ0n) is 12.5. The van der Waals surface area contributed by atoms with Gasteiger partial charge >= 0.3 is 0 Å². The molecule has 2 aliphatic rings. The van der Waals surface area contributed by atoms with Gasteiger partial charge in [-0.05, 0) is 17.7 Å². The number of nitrogens with zero attached hydrogens (tertiary/aromatic N) is 2. The number of hydrogen-bond acceptors (Lipinski definition) is 4. The fraction of sp³-hybridized carbons (Fsp3) is 0.533. The van der Waals surface area contributed by atoms with Gasteiger partial charge in [0.25, 0.3) is 0 Å². The SMILES string of the molecule is I.NC(=NCc1ccc2c(c1)OCCCO2)N1CCSCC1. The van der Waals surface area contributed by atoms with Crippen LogP contribution < -0.4 is 15.2 Å². The van der Waals surface area contributed by atoms with Crippen LogP contribution >= 0.6 is 35.7 Å². The van der Waals surface area contributed by atoms with Gasteiger partial charge in [-0.3, -0.25) is 0 Å². The van der Waals surface area contributed by atoms with Gasteiger partial charge in [-0.25, -0.2) is 4.99 Å². The van der Waals surface area contributed by atoms with E-state index in [0.717, 1.165) is 48.1 Å². The molecule has 0 aliphatic carbocycles. The molecule has 22 heavy (non-hydrogen) atoms. The number of ether oxygens (including phenoxy) is 2. The average molecular weight is 435 g/mol. The summed E-state index contributed by atoms with van der Waals surface area (Å²) in [6.45, 7) is 3.96. The summed E-state index contributed by atoms with van der Waals surface area (Å²) in [5, 5.41) is 0. The second-order valence-corrected chi connectivity index (χ2v) is 6.33. The van der Waals surface area contributed by atoms with Crippen molar-refractivity contribution in [1.82, 2.24) is 4.90 Å². The topological polar surface area (TPSA) is 60.1 Å². The molecule has 2 aliphatic heterocycles. The minimum Gasteiger partial charge on any atom is -0.490 e. The van der Waals surface area contributed by atoms with E-state index < -0.39 is 0 Å². The van der Waals surface area contributed by atoms with Crippen molar-refractivity contribution in [3.63, 3.8) is 0 Å². The van der Waals surface area contributed by atoms with Crippen molar-refractivity contribution in [3.8, 4) is 11.5 Å². The van der Waals surface area contributed by atoms with Crippen LogP contribution in [0.5, 0.6) is 11.5 Å². The number of thioether (sulfide) groups is 1. The summed E-state index contributed by atoms with van der Waals surface area (Å²) >= 11 is 1.97. The Labute approximate surface area is 152 Å². The molecule has 0 atom stereocenters. The maximum absolute atomic E-state index is 6.07. The van der Waals surface area contributed by atoms with Crippen LogP contribution in [0.2, 0.25) is 0 Å². The first-order chi connectivity index (χ1) is 10.3. The number of fused-ring (bicyclic) bond motifs is 1. The van der Waals surface area contributed by atoms with Crippen LogP contribution in [0.25, 0.3) is 0 Å². The highest BCUT2D eigenvalue weighted by Crippen LogP contribution is 2.30. The predicted molar refractivity (Wildman–Crippen MR) is 102 cm³/mol. The molecule has 1 saturated heterocycles. The lowest BCUT2D eigenvalue weighted by Gasteiger charge is -2.27. The normalized spacial score (nSPS) is 18.4. The lowest BCUT2D eigenvalue weighted by Crippen LogP contribution is -2.42. The average Bonchev–Trinajstić information content (AvgIpc) is 2.78. The van der Waals surface area contributed by atoms with Crippen LogP contribution in [0.1, 0.15) is 12.0 Å². The van der Waals surface area contributed by atoms with Crippen LogP contribution in [-0.2, 0) is 6.54 Å². The molecule has 1 aromatic carbocycles. The summed E-state index contributed by atoms with van der Waals surface area (Å²) in [5.74, 6) is 4.53. The van der Waals surface area contributed by atoms with Crippen LogP contribution in [0.3, 0.4) is 0 Å². The van der Waals surface area contributed by atoms with Gasteiger partial charge in [0.05, 0.1) is 19.8 Å². The van der Waals surface area contributed by atoms with E-state index in [9.17, 15) is 0 Å². The van der Waals surface area contributed by atoms with Gasteiger partial charge in [0.1, 0.15) is 0 Å². The second kappa shape index (κ2) is 8.71. The molecule has 0 unspecified atom stereocenters. The zero-order chi connectivity index (χ0) is 14.5. The second-order valence-electron chi connectivity index (χ2n) is 5.11. The number of rotatable bonds is 2. The van der Waals surface area contributed by atoms with Gasteiger partial charge < -0.3 is 20.1 Å². The molecule has 1 aromatic rings. The molecule has 122 valence electrons. The molecule has 3 rings (SSSR count). The molecule has 0 amide bonds. The van der Waals surface area contributed by atoms with Crippen molar-refractivity contribution in [3.05, 3.63) is 23.8 Å². The summed E-state index contributed by atoms with van der Waals surface area (Å²) in [5.41, 5.74) is 7.16. The molecule has 0 spiro atoms. The molecule has 7 heteroatoms. The number of nitrogens with two attached hydrogens (primary N) is 1. The molecule has 0 bridgehead atoms. The standard InChI is InChI=1S/C15H21N3O2S.HI/c16-15(18-4-8-21-9-5-18)17-11-12-2-3-13-14(10-12)20-7-1-6-19-13;/h2-3,10H,1,4-9,11H2,(H2,16,17);1H. The van der Waals surface area contributed by atoms with Gasteiger partial charge in [0.15, 0.2) is 17.5 Å². The third-order valence-electron chi connectivity index (χ3n) is 3.57. The molecule has 5 nitrogen and oxygen atoms in total. The number of guanidine groups is 1. The Hall–Kier alpha value is -0.830. The highest BCUT2D eigenvalue weighted by molar-refractivity contribution is 14.0. The third-order valence-corrected chi connectivity index (χ3v) is 4.51. The Morgan fingerprint density at radius 2 is 1.91 bits per heavy atom. The summed E-state index contributed by atoms with van der Waals surface area (Å²) in [4.78, 5) is 6.66. The van der Waals surface area contributed by atoms with Gasteiger partial charge in [0, 0.05) is 31.0 Å². The van der Waals surface area contributed by atoms with E-state index in [0.29, 0.717) is 25.7 Å². The lowest BCUT2D eigenvalue weighted by molar-refractivity contribution is 0.297. The first kappa shape index (κ1) is 17.5. The van der Waals surface area contributed by atoms with Crippen molar-refractivity contribution in [1.29, 1.82) is 0 Å². The maximum Gasteiger partial charge on any atom is 0.191 e. The van der Waals surface area contributed by atoms with Crippen LogP contribution in [-0.4, -0.2) is 48.7 Å². The zero-order valence-corrected chi connectivity index (χ0v) is 15.6. The lowest BCUT2D eigenvalue weighted by atomic mass is 10.2. The van der Waals surface area contributed by atoms with Crippen molar-refractivity contribution >= 4 is 41.7 Å². The molecular formula is C15H22IN3O2S. The maximum atomic E-state index is 6.07. The summed E-state index contributed by atoms with van der Waals surface area (Å²) < 4.78 is 11.3. The molecule has 2 N–H and O–H groups in total. The Bertz CT molecular complexity index is 522. The van der Waals surface area contributed by atoms with Gasteiger partial charge in [-0.2, -0.15) is 11.8 Å².